The molecule has 0 fully saturated rings. The molecule has 0 bridgehead atoms. The van der Waals surface area contributed by atoms with E-state index in [1.165, 1.54) is 12.1 Å². The van der Waals surface area contributed by atoms with Crippen LogP contribution in [0.1, 0.15) is 5.56 Å². The minimum Gasteiger partial charge on any atom is -0.291 e. The number of hydrogen-bond donors (Lipinski definition) is 0. The highest BCUT2D eigenvalue weighted by atomic mass is 16.6. The van der Waals surface area contributed by atoms with Crippen LogP contribution in [-0.2, 0) is 11.2 Å². The van der Waals surface area contributed by atoms with Gasteiger partial charge in [-0.3, -0.25) is 14.9 Å². The van der Waals surface area contributed by atoms with E-state index in [1.807, 2.05) is 0 Å². The first-order valence-electron chi connectivity index (χ1n) is 3.32. The van der Waals surface area contributed by atoms with E-state index in [4.69, 9.17) is 0 Å². The van der Waals surface area contributed by atoms with E-state index in [-0.39, 0.29) is 12.1 Å². The first-order chi connectivity index (χ1) is 5.74. The highest BCUT2D eigenvalue weighted by Crippen LogP contribution is 2.11. The standard InChI is InChI=1S/C8H6NO3/c10-6-5-7-1-3-8(4-2-7)9(11)12/h1-4H,5H2. The predicted octanol–water partition coefficient (Wildman–Crippen LogP) is 1.25. The van der Waals surface area contributed by atoms with Gasteiger partial charge in [0.05, 0.1) is 4.92 Å². The number of rotatable bonds is 3. The summed E-state index contributed by atoms with van der Waals surface area (Å²) in [4.78, 5) is 19.7. The first kappa shape index (κ1) is 8.39. The van der Waals surface area contributed by atoms with Crippen LogP contribution >= 0.6 is 0 Å². The van der Waals surface area contributed by atoms with E-state index in [9.17, 15) is 14.9 Å². The number of carbonyl (C=O) groups excluding carboxylic acids is 1. The quantitative estimate of drug-likeness (QED) is 0.498. The Hall–Kier alpha value is -1.71. The molecule has 0 aliphatic rings. The van der Waals surface area contributed by atoms with Crippen LogP contribution in [0.2, 0.25) is 0 Å². The maximum absolute atomic E-state index is 10.2. The molecule has 0 atom stereocenters. The van der Waals surface area contributed by atoms with Crippen molar-refractivity contribution in [2.45, 2.75) is 6.42 Å². The monoisotopic (exact) mass is 164 g/mol. The van der Waals surface area contributed by atoms with Gasteiger partial charge in [-0.25, -0.2) is 0 Å². The molecule has 1 rings (SSSR count). The Balaban J connectivity index is 2.85. The third kappa shape index (κ3) is 1.88. The lowest BCUT2D eigenvalue weighted by Gasteiger charge is -1.92. The molecule has 0 saturated carbocycles. The molecule has 0 amide bonds. The summed E-state index contributed by atoms with van der Waals surface area (Å²) in [6.45, 7) is 0. The Bertz CT molecular complexity index is 292. The zero-order chi connectivity index (χ0) is 8.97. The fourth-order valence-corrected chi connectivity index (χ4v) is 0.819. The van der Waals surface area contributed by atoms with Crippen molar-refractivity contribution in [3.05, 3.63) is 39.9 Å². The van der Waals surface area contributed by atoms with Crippen molar-refractivity contribution in [1.29, 1.82) is 0 Å². The molecule has 61 valence electrons. The van der Waals surface area contributed by atoms with E-state index < -0.39 is 4.92 Å². The molecule has 0 saturated heterocycles. The predicted molar refractivity (Wildman–Crippen MR) is 42.5 cm³/mol. The van der Waals surface area contributed by atoms with Crippen molar-refractivity contribution >= 4 is 12.0 Å². The zero-order valence-corrected chi connectivity index (χ0v) is 6.19. The average Bonchev–Trinajstić information content (AvgIpc) is 2.06. The summed E-state index contributed by atoms with van der Waals surface area (Å²) in [7, 11) is 0. The van der Waals surface area contributed by atoms with Crippen molar-refractivity contribution in [2.24, 2.45) is 0 Å². The molecule has 0 aromatic heterocycles. The van der Waals surface area contributed by atoms with Gasteiger partial charge in [0.2, 0.25) is 6.29 Å². The van der Waals surface area contributed by atoms with Gasteiger partial charge in [-0.2, -0.15) is 0 Å². The molecule has 1 aromatic carbocycles. The minimum atomic E-state index is -0.478. The summed E-state index contributed by atoms with van der Waals surface area (Å²) in [5.74, 6) is 0. The van der Waals surface area contributed by atoms with Crippen LogP contribution in [0.25, 0.3) is 0 Å². The number of benzene rings is 1. The van der Waals surface area contributed by atoms with Gasteiger partial charge in [0.15, 0.2) is 0 Å². The number of hydrogen-bond acceptors (Lipinski definition) is 3. The number of nitro groups is 1. The minimum absolute atomic E-state index is 0.0321. The summed E-state index contributed by atoms with van der Waals surface area (Å²) in [6, 6.07) is 5.82. The lowest BCUT2D eigenvalue weighted by Crippen LogP contribution is -1.89. The number of non-ortho nitro benzene ring substituents is 1. The Morgan fingerprint density at radius 2 is 1.92 bits per heavy atom. The zero-order valence-electron chi connectivity index (χ0n) is 6.19. The third-order valence-electron chi connectivity index (χ3n) is 1.42. The van der Waals surface area contributed by atoms with Crippen LogP contribution < -0.4 is 0 Å². The lowest BCUT2D eigenvalue weighted by atomic mass is 10.1. The van der Waals surface area contributed by atoms with Crippen molar-refractivity contribution in [1.82, 2.24) is 0 Å². The molecule has 0 aliphatic carbocycles. The highest BCUT2D eigenvalue weighted by Gasteiger charge is 2.02. The van der Waals surface area contributed by atoms with Gasteiger partial charge in [-0.05, 0) is 5.56 Å². The summed E-state index contributed by atoms with van der Waals surface area (Å²) in [5.41, 5.74) is 0.764. The van der Waals surface area contributed by atoms with Crippen molar-refractivity contribution in [3.8, 4) is 0 Å². The van der Waals surface area contributed by atoms with Crippen molar-refractivity contribution < 1.29 is 9.72 Å². The molecule has 4 nitrogen and oxygen atoms in total. The Kier molecular flexibility index (Phi) is 2.53. The third-order valence-corrected chi connectivity index (χ3v) is 1.42. The van der Waals surface area contributed by atoms with Crippen LogP contribution in [0.3, 0.4) is 0 Å². The van der Waals surface area contributed by atoms with Gasteiger partial charge in [0, 0.05) is 18.6 Å². The number of nitrogens with zero attached hydrogens (tertiary/aromatic N) is 1. The second-order valence-corrected chi connectivity index (χ2v) is 2.24. The van der Waals surface area contributed by atoms with E-state index in [0.717, 1.165) is 5.56 Å². The maximum Gasteiger partial charge on any atom is 0.269 e. The summed E-state index contributed by atoms with van der Waals surface area (Å²) >= 11 is 0. The largest absolute Gasteiger partial charge is 0.291 e. The van der Waals surface area contributed by atoms with E-state index in [1.54, 1.807) is 18.4 Å². The van der Waals surface area contributed by atoms with E-state index >= 15 is 0 Å². The number of nitro benzene ring substituents is 1. The van der Waals surface area contributed by atoms with Gasteiger partial charge in [-0.1, -0.05) is 12.1 Å². The molecular weight excluding hydrogens is 158 g/mol. The summed E-state index contributed by atoms with van der Waals surface area (Å²) in [5, 5.41) is 10.2. The van der Waals surface area contributed by atoms with Gasteiger partial charge < -0.3 is 0 Å². The second-order valence-electron chi connectivity index (χ2n) is 2.24. The van der Waals surface area contributed by atoms with E-state index in [2.05, 4.69) is 0 Å². The SMILES string of the molecule is O=[C]Cc1ccc([N+](=O)[O-])cc1. The van der Waals surface area contributed by atoms with Gasteiger partial charge in [0.25, 0.3) is 5.69 Å². The van der Waals surface area contributed by atoms with Crippen LogP contribution in [-0.4, -0.2) is 11.2 Å². The van der Waals surface area contributed by atoms with Gasteiger partial charge in [-0.15, -0.1) is 0 Å². The van der Waals surface area contributed by atoms with Gasteiger partial charge >= 0.3 is 0 Å². The molecular formula is C8H6NO3. The Morgan fingerprint density at radius 1 is 1.33 bits per heavy atom. The first-order valence-corrected chi connectivity index (χ1v) is 3.32. The van der Waals surface area contributed by atoms with Crippen molar-refractivity contribution in [2.75, 3.05) is 0 Å². The molecule has 0 unspecified atom stereocenters. The molecule has 1 radical (unpaired) electrons. The smallest absolute Gasteiger partial charge is 0.269 e. The molecule has 0 aliphatic heterocycles. The maximum atomic E-state index is 10.2. The Morgan fingerprint density at radius 3 is 2.33 bits per heavy atom. The fourth-order valence-electron chi connectivity index (χ4n) is 0.819. The van der Waals surface area contributed by atoms with E-state index in [0.29, 0.717) is 0 Å². The normalized spacial score (nSPS) is 9.33. The van der Waals surface area contributed by atoms with Crippen LogP contribution in [0.4, 0.5) is 5.69 Å². The van der Waals surface area contributed by atoms with Gasteiger partial charge in [0.1, 0.15) is 0 Å². The molecule has 12 heavy (non-hydrogen) atoms. The van der Waals surface area contributed by atoms with Crippen LogP contribution in [0.5, 0.6) is 0 Å². The topological polar surface area (TPSA) is 60.2 Å². The molecule has 1 aromatic rings. The molecule has 0 spiro atoms. The van der Waals surface area contributed by atoms with Crippen LogP contribution in [0, 0.1) is 10.1 Å². The van der Waals surface area contributed by atoms with Crippen molar-refractivity contribution in [3.63, 3.8) is 0 Å². The molecule has 4 heteroatoms. The molecule has 0 N–H and O–H groups in total. The average molecular weight is 164 g/mol. The Labute approximate surface area is 69.0 Å². The molecule has 0 heterocycles. The fraction of sp³-hybridized carbons (Fsp3) is 0.125. The van der Waals surface area contributed by atoms with Crippen LogP contribution in [0.15, 0.2) is 24.3 Å². The summed E-state index contributed by atoms with van der Waals surface area (Å²) in [6.07, 6.45) is 1.89. The summed E-state index contributed by atoms with van der Waals surface area (Å²) < 4.78 is 0. The highest BCUT2D eigenvalue weighted by molar-refractivity contribution is 5.56. The lowest BCUT2D eigenvalue weighted by molar-refractivity contribution is -0.384. The second kappa shape index (κ2) is 3.61.